The first-order chi connectivity index (χ1) is 9.99. The number of aryl methyl sites for hydroxylation is 2. The molecule has 21 heavy (non-hydrogen) atoms. The molecule has 6 nitrogen and oxygen atoms in total. The molecule has 0 aliphatic carbocycles. The van der Waals surface area contributed by atoms with E-state index in [1.807, 2.05) is 32.0 Å². The highest BCUT2D eigenvalue weighted by molar-refractivity contribution is 6.01. The van der Waals surface area contributed by atoms with Crippen molar-refractivity contribution >= 4 is 11.7 Å². The maximum Gasteiger partial charge on any atom is 0.252 e. The van der Waals surface area contributed by atoms with Crippen LogP contribution in [-0.2, 0) is 0 Å². The summed E-state index contributed by atoms with van der Waals surface area (Å²) in [7, 11) is 1.62. The average Bonchev–Trinajstić information content (AvgIpc) is 2.43. The number of hydrogen-bond donors (Lipinski definition) is 2. The number of H-pyrrole nitrogens is 1. The van der Waals surface area contributed by atoms with Crippen molar-refractivity contribution < 1.29 is 4.74 Å². The smallest absolute Gasteiger partial charge is 0.252 e. The fourth-order valence-electron chi connectivity index (χ4n) is 1.93. The Morgan fingerprint density at radius 2 is 2.10 bits per heavy atom. The highest BCUT2D eigenvalue weighted by atomic mass is 16.5. The Bertz CT molecular complexity index is 735. The molecule has 0 fully saturated rings. The highest BCUT2D eigenvalue weighted by Crippen LogP contribution is 2.20. The van der Waals surface area contributed by atoms with Gasteiger partial charge in [0.2, 0.25) is 5.95 Å². The van der Waals surface area contributed by atoms with Crippen LogP contribution >= 0.6 is 0 Å². The van der Waals surface area contributed by atoms with Crippen molar-refractivity contribution in [3.63, 3.8) is 0 Å². The number of hydrazone groups is 1. The predicted molar refractivity (Wildman–Crippen MR) is 83.2 cm³/mol. The standard InChI is InChI=1S/C15H18N4O2/c1-9-5-6-13(21-4)12(7-9)11(3)18-19-15-16-10(2)8-14(20)17-15/h5-8H,1-4H3,(H2,16,17,19,20)/b18-11-. The molecule has 2 rings (SSSR count). The average molecular weight is 286 g/mol. The van der Waals surface area contributed by atoms with E-state index in [0.29, 0.717) is 11.6 Å². The van der Waals surface area contributed by atoms with Crippen LogP contribution in [0.25, 0.3) is 0 Å². The van der Waals surface area contributed by atoms with Crippen LogP contribution in [0, 0.1) is 13.8 Å². The van der Waals surface area contributed by atoms with Gasteiger partial charge in [-0.1, -0.05) is 11.6 Å². The molecule has 0 radical (unpaired) electrons. The lowest BCUT2D eigenvalue weighted by Gasteiger charge is -2.09. The summed E-state index contributed by atoms with van der Waals surface area (Å²) in [6.45, 7) is 5.61. The van der Waals surface area contributed by atoms with E-state index in [0.717, 1.165) is 22.6 Å². The van der Waals surface area contributed by atoms with Crippen LogP contribution in [0.3, 0.4) is 0 Å². The Morgan fingerprint density at radius 1 is 1.33 bits per heavy atom. The van der Waals surface area contributed by atoms with Gasteiger partial charge in [0.15, 0.2) is 0 Å². The monoisotopic (exact) mass is 286 g/mol. The molecule has 0 aliphatic rings. The Labute approximate surface area is 122 Å². The SMILES string of the molecule is COc1ccc(C)cc1/C(C)=N\Nc1nc(C)cc(=O)[nH]1. The Balaban J connectivity index is 2.29. The summed E-state index contributed by atoms with van der Waals surface area (Å²) in [5.41, 5.74) is 5.91. The number of benzene rings is 1. The zero-order valence-electron chi connectivity index (χ0n) is 12.5. The van der Waals surface area contributed by atoms with Gasteiger partial charge in [0.25, 0.3) is 5.56 Å². The van der Waals surface area contributed by atoms with E-state index >= 15 is 0 Å². The van der Waals surface area contributed by atoms with Gasteiger partial charge >= 0.3 is 0 Å². The Morgan fingerprint density at radius 3 is 2.76 bits per heavy atom. The lowest BCUT2D eigenvalue weighted by atomic mass is 10.1. The van der Waals surface area contributed by atoms with Crippen molar-refractivity contribution in [1.82, 2.24) is 9.97 Å². The van der Waals surface area contributed by atoms with Gasteiger partial charge < -0.3 is 4.74 Å². The van der Waals surface area contributed by atoms with Crippen LogP contribution in [0.2, 0.25) is 0 Å². The molecule has 1 heterocycles. The summed E-state index contributed by atoms with van der Waals surface area (Å²) in [4.78, 5) is 18.1. The molecular formula is C15H18N4O2. The van der Waals surface area contributed by atoms with Crippen molar-refractivity contribution in [2.75, 3.05) is 12.5 Å². The number of rotatable bonds is 4. The van der Waals surface area contributed by atoms with Gasteiger partial charge in [0.1, 0.15) is 5.75 Å². The van der Waals surface area contributed by atoms with E-state index in [2.05, 4.69) is 20.5 Å². The van der Waals surface area contributed by atoms with Gasteiger partial charge in [0.05, 0.1) is 12.8 Å². The third-order valence-electron chi connectivity index (χ3n) is 2.94. The van der Waals surface area contributed by atoms with Crippen LogP contribution in [0.1, 0.15) is 23.7 Å². The van der Waals surface area contributed by atoms with E-state index in [-0.39, 0.29) is 5.56 Å². The van der Waals surface area contributed by atoms with Crippen molar-refractivity contribution in [2.24, 2.45) is 5.10 Å². The number of methoxy groups -OCH3 is 1. The molecular weight excluding hydrogens is 268 g/mol. The van der Waals surface area contributed by atoms with Crippen LogP contribution in [-0.4, -0.2) is 22.8 Å². The summed E-state index contributed by atoms with van der Waals surface area (Å²) in [5, 5.41) is 4.25. The zero-order valence-corrected chi connectivity index (χ0v) is 12.5. The summed E-state index contributed by atoms with van der Waals surface area (Å²) in [6, 6.07) is 7.29. The van der Waals surface area contributed by atoms with Crippen molar-refractivity contribution in [3.05, 3.63) is 51.4 Å². The molecule has 2 N–H and O–H groups in total. The maximum absolute atomic E-state index is 11.4. The Kier molecular flexibility index (Phi) is 4.37. The number of aromatic amines is 1. The summed E-state index contributed by atoms with van der Waals surface area (Å²) >= 11 is 0. The van der Waals surface area contributed by atoms with Crippen molar-refractivity contribution in [1.29, 1.82) is 0 Å². The first-order valence-corrected chi connectivity index (χ1v) is 6.53. The van der Waals surface area contributed by atoms with Gasteiger partial charge in [-0.3, -0.25) is 9.78 Å². The second-order valence-corrected chi connectivity index (χ2v) is 4.75. The largest absolute Gasteiger partial charge is 0.496 e. The molecule has 0 atom stereocenters. The predicted octanol–water partition coefficient (Wildman–Crippen LogP) is 2.23. The molecule has 6 heteroatoms. The second kappa shape index (κ2) is 6.21. The van der Waals surface area contributed by atoms with Gasteiger partial charge in [-0.05, 0) is 32.9 Å². The van der Waals surface area contributed by atoms with Gasteiger partial charge in [-0.15, -0.1) is 0 Å². The number of nitrogens with zero attached hydrogens (tertiary/aromatic N) is 2. The molecule has 0 aliphatic heterocycles. The molecule has 0 amide bonds. The molecule has 2 aromatic rings. The quantitative estimate of drug-likeness (QED) is 0.667. The molecule has 0 unspecified atom stereocenters. The lowest BCUT2D eigenvalue weighted by molar-refractivity contribution is 0.414. The third-order valence-corrected chi connectivity index (χ3v) is 2.94. The minimum absolute atomic E-state index is 0.217. The number of hydrogen-bond acceptors (Lipinski definition) is 5. The number of nitrogens with one attached hydrogen (secondary N) is 2. The van der Waals surface area contributed by atoms with E-state index in [1.54, 1.807) is 14.0 Å². The second-order valence-electron chi connectivity index (χ2n) is 4.75. The molecule has 1 aromatic heterocycles. The van der Waals surface area contributed by atoms with Crippen LogP contribution < -0.4 is 15.7 Å². The van der Waals surface area contributed by atoms with Crippen molar-refractivity contribution in [2.45, 2.75) is 20.8 Å². The summed E-state index contributed by atoms with van der Waals surface area (Å²) < 4.78 is 5.33. The van der Waals surface area contributed by atoms with Gasteiger partial charge in [-0.2, -0.15) is 5.10 Å². The van der Waals surface area contributed by atoms with Crippen LogP contribution in [0.4, 0.5) is 5.95 Å². The molecule has 110 valence electrons. The minimum Gasteiger partial charge on any atom is -0.496 e. The van der Waals surface area contributed by atoms with Gasteiger partial charge in [-0.25, -0.2) is 10.4 Å². The number of aromatic nitrogens is 2. The fourth-order valence-corrected chi connectivity index (χ4v) is 1.93. The number of ether oxygens (including phenoxy) is 1. The van der Waals surface area contributed by atoms with Gasteiger partial charge in [0, 0.05) is 17.3 Å². The number of anilines is 1. The van der Waals surface area contributed by atoms with E-state index in [4.69, 9.17) is 4.74 Å². The normalized spacial score (nSPS) is 11.3. The van der Waals surface area contributed by atoms with E-state index < -0.39 is 0 Å². The molecule has 1 aromatic carbocycles. The van der Waals surface area contributed by atoms with Crippen LogP contribution in [0.5, 0.6) is 5.75 Å². The third kappa shape index (κ3) is 3.68. The lowest BCUT2D eigenvalue weighted by Crippen LogP contribution is -2.11. The summed E-state index contributed by atoms with van der Waals surface area (Å²) in [5.74, 6) is 1.06. The van der Waals surface area contributed by atoms with Crippen LogP contribution in [0.15, 0.2) is 34.2 Å². The highest BCUT2D eigenvalue weighted by Gasteiger charge is 2.07. The maximum atomic E-state index is 11.4. The van der Waals surface area contributed by atoms with E-state index in [1.165, 1.54) is 6.07 Å². The minimum atomic E-state index is -0.217. The molecule has 0 saturated carbocycles. The van der Waals surface area contributed by atoms with E-state index in [9.17, 15) is 4.79 Å². The first-order valence-electron chi connectivity index (χ1n) is 6.53. The molecule has 0 bridgehead atoms. The molecule has 0 saturated heterocycles. The zero-order chi connectivity index (χ0) is 15.4. The topological polar surface area (TPSA) is 79.4 Å². The summed E-state index contributed by atoms with van der Waals surface area (Å²) in [6.07, 6.45) is 0. The van der Waals surface area contributed by atoms with Crippen molar-refractivity contribution in [3.8, 4) is 5.75 Å². The Hall–Kier alpha value is -2.63. The fraction of sp³-hybridized carbons (Fsp3) is 0.267. The molecule has 0 spiro atoms. The first kappa shape index (κ1) is 14.8.